The molecule has 0 heterocycles. The number of ether oxygens (including phenoxy) is 1. The normalized spacial score (nSPS) is 11.4. The van der Waals surface area contributed by atoms with E-state index in [0.717, 1.165) is 23.7 Å². The lowest BCUT2D eigenvalue weighted by Gasteiger charge is -2.28. The van der Waals surface area contributed by atoms with Gasteiger partial charge in [0.1, 0.15) is 0 Å². The minimum atomic E-state index is 0.108. The Hall–Kier alpha value is -0.120. The Morgan fingerprint density at radius 3 is 2.35 bits per heavy atom. The van der Waals surface area contributed by atoms with E-state index in [2.05, 4.69) is 50.6 Å². The van der Waals surface area contributed by atoms with Gasteiger partial charge < -0.3 is 4.74 Å². The molecule has 0 aromatic heterocycles. The number of rotatable bonds is 8. The maximum absolute atomic E-state index is 5.81. The van der Waals surface area contributed by atoms with E-state index in [1.54, 1.807) is 0 Å². The fourth-order valence-electron chi connectivity index (χ4n) is 1.55. The Bertz CT molecular complexity index is 320. The number of alkyl halides is 2. The molecule has 0 atom stereocenters. The van der Waals surface area contributed by atoms with E-state index in [1.165, 1.54) is 5.56 Å². The topological polar surface area (TPSA) is 9.23 Å². The second-order valence-corrected chi connectivity index (χ2v) is 5.36. The zero-order valence-electron chi connectivity index (χ0n) is 9.87. The molecule has 0 spiro atoms. The monoisotopic (exact) mass is 360 g/mol. The van der Waals surface area contributed by atoms with Crippen LogP contribution in [0.1, 0.15) is 12.0 Å². The van der Waals surface area contributed by atoms with Gasteiger partial charge in [-0.1, -0.05) is 68.3 Å². The van der Waals surface area contributed by atoms with Crippen LogP contribution >= 0.6 is 31.9 Å². The Morgan fingerprint density at radius 2 is 1.82 bits per heavy atom. The fourth-order valence-corrected chi connectivity index (χ4v) is 3.26. The first-order valence-corrected chi connectivity index (χ1v) is 7.85. The summed E-state index contributed by atoms with van der Waals surface area (Å²) >= 11 is 7.13. The molecular weight excluding hydrogens is 344 g/mol. The van der Waals surface area contributed by atoms with Gasteiger partial charge in [0.2, 0.25) is 0 Å². The van der Waals surface area contributed by atoms with Crippen molar-refractivity contribution in [3.8, 4) is 0 Å². The molecule has 0 N–H and O–H groups in total. The van der Waals surface area contributed by atoms with Crippen LogP contribution in [0.3, 0.4) is 0 Å². The van der Waals surface area contributed by atoms with Crippen molar-refractivity contribution in [1.82, 2.24) is 0 Å². The molecule has 17 heavy (non-hydrogen) atoms. The third-order valence-corrected chi connectivity index (χ3v) is 5.04. The summed E-state index contributed by atoms with van der Waals surface area (Å²) in [5.41, 5.74) is 1.32. The van der Waals surface area contributed by atoms with Crippen molar-refractivity contribution in [2.75, 3.05) is 17.3 Å². The van der Waals surface area contributed by atoms with Crippen LogP contribution in [0.5, 0.6) is 0 Å². The van der Waals surface area contributed by atoms with E-state index in [1.807, 2.05) is 24.3 Å². The minimum Gasteiger partial charge on any atom is -0.376 e. The Balaban J connectivity index is 2.44. The van der Waals surface area contributed by atoms with E-state index in [0.29, 0.717) is 6.61 Å². The summed E-state index contributed by atoms with van der Waals surface area (Å²) in [7, 11) is 0. The summed E-state index contributed by atoms with van der Waals surface area (Å²) in [6.45, 7) is 5.20. The average molecular weight is 362 g/mol. The quantitative estimate of drug-likeness (QED) is 0.487. The third-order valence-electron chi connectivity index (χ3n) is 2.66. The van der Waals surface area contributed by atoms with Gasteiger partial charge in [0.25, 0.3) is 0 Å². The largest absolute Gasteiger partial charge is 0.376 e. The molecule has 0 fully saturated rings. The molecule has 0 saturated carbocycles. The first-order valence-electron chi connectivity index (χ1n) is 5.61. The maximum atomic E-state index is 5.81. The van der Waals surface area contributed by atoms with Gasteiger partial charge in [0.05, 0.1) is 13.2 Å². The summed E-state index contributed by atoms with van der Waals surface area (Å²) < 4.78 is 5.81. The van der Waals surface area contributed by atoms with Crippen molar-refractivity contribution >= 4 is 31.9 Å². The van der Waals surface area contributed by atoms with Crippen LogP contribution in [0.2, 0.25) is 0 Å². The molecule has 94 valence electrons. The molecule has 0 radical (unpaired) electrons. The molecule has 0 aliphatic rings. The highest BCUT2D eigenvalue weighted by Crippen LogP contribution is 2.28. The van der Waals surface area contributed by atoms with Gasteiger partial charge in [0.15, 0.2) is 0 Å². The summed E-state index contributed by atoms with van der Waals surface area (Å²) in [4.78, 5) is 0. The standard InChI is InChI=1S/C14H18Br2O/c1-2-8-14(10-15,11-16)12-17-9-13-6-4-3-5-7-13/h2-7H,1,8-12H2. The van der Waals surface area contributed by atoms with Crippen molar-refractivity contribution < 1.29 is 4.74 Å². The second-order valence-electron chi connectivity index (χ2n) is 4.24. The number of allylic oxidation sites excluding steroid dienone is 1. The van der Waals surface area contributed by atoms with Gasteiger partial charge in [-0.3, -0.25) is 0 Å². The molecular formula is C14H18Br2O. The summed E-state index contributed by atoms with van der Waals surface area (Å²) in [6.07, 6.45) is 2.90. The van der Waals surface area contributed by atoms with Gasteiger partial charge in [-0.05, 0) is 12.0 Å². The van der Waals surface area contributed by atoms with E-state index < -0.39 is 0 Å². The molecule has 1 rings (SSSR count). The van der Waals surface area contributed by atoms with E-state index in [-0.39, 0.29) is 5.41 Å². The maximum Gasteiger partial charge on any atom is 0.0717 e. The van der Waals surface area contributed by atoms with Crippen LogP contribution in [0.25, 0.3) is 0 Å². The molecule has 1 aromatic carbocycles. The Morgan fingerprint density at radius 1 is 1.18 bits per heavy atom. The minimum absolute atomic E-state index is 0.108. The Labute approximate surface area is 121 Å². The van der Waals surface area contributed by atoms with Gasteiger partial charge >= 0.3 is 0 Å². The number of hydrogen-bond donors (Lipinski definition) is 0. The van der Waals surface area contributed by atoms with Crippen LogP contribution in [0, 0.1) is 5.41 Å². The van der Waals surface area contributed by atoms with Gasteiger partial charge in [-0.15, -0.1) is 6.58 Å². The SMILES string of the molecule is C=CCC(CBr)(CBr)COCc1ccccc1. The highest BCUT2D eigenvalue weighted by molar-refractivity contribution is 9.09. The van der Waals surface area contributed by atoms with E-state index >= 15 is 0 Å². The summed E-state index contributed by atoms with van der Waals surface area (Å²) in [6, 6.07) is 10.2. The van der Waals surface area contributed by atoms with E-state index in [4.69, 9.17) is 4.74 Å². The van der Waals surface area contributed by atoms with Crippen molar-refractivity contribution in [3.63, 3.8) is 0 Å². The molecule has 0 bridgehead atoms. The zero-order chi connectivity index (χ0) is 12.6. The predicted octanol–water partition coefficient (Wildman–Crippen LogP) is 4.56. The zero-order valence-corrected chi connectivity index (χ0v) is 13.0. The Kier molecular flexibility index (Phi) is 7.09. The second kappa shape index (κ2) is 8.06. The number of benzene rings is 1. The van der Waals surface area contributed by atoms with Crippen molar-refractivity contribution in [2.24, 2.45) is 5.41 Å². The van der Waals surface area contributed by atoms with Crippen LogP contribution < -0.4 is 0 Å². The van der Waals surface area contributed by atoms with Crippen molar-refractivity contribution in [3.05, 3.63) is 48.6 Å². The molecule has 0 saturated heterocycles. The van der Waals surface area contributed by atoms with Crippen LogP contribution in [0.15, 0.2) is 43.0 Å². The summed E-state index contributed by atoms with van der Waals surface area (Å²) in [5, 5.41) is 1.82. The van der Waals surface area contributed by atoms with E-state index in [9.17, 15) is 0 Å². The smallest absolute Gasteiger partial charge is 0.0717 e. The van der Waals surface area contributed by atoms with Crippen molar-refractivity contribution in [1.29, 1.82) is 0 Å². The van der Waals surface area contributed by atoms with Crippen molar-refractivity contribution in [2.45, 2.75) is 13.0 Å². The molecule has 0 aliphatic carbocycles. The van der Waals surface area contributed by atoms with Crippen LogP contribution in [-0.4, -0.2) is 17.3 Å². The van der Waals surface area contributed by atoms with Crippen LogP contribution in [0.4, 0.5) is 0 Å². The first kappa shape index (κ1) is 14.9. The van der Waals surface area contributed by atoms with Gasteiger partial charge in [0, 0.05) is 16.1 Å². The molecule has 1 nitrogen and oxygen atoms in total. The third kappa shape index (κ3) is 4.94. The number of halogens is 2. The lowest BCUT2D eigenvalue weighted by atomic mass is 9.90. The number of hydrogen-bond acceptors (Lipinski definition) is 1. The van der Waals surface area contributed by atoms with Gasteiger partial charge in [-0.25, -0.2) is 0 Å². The summed E-state index contributed by atoms with van der Waals surface area (Å²) in [5.74, 6) is 0. The first-order chi connectivity index (χ1) is 8.26. The lowest BCUT2D eigenvalue weighted by molar-refractivity contribution is 0.0582. The molecule has 3 heteroatoms. The molecule has 0 unspecified atom stereocenters. The molecule has 0 aliphatic heterocycles. The molecule has 1 aromatic rings. The fraction of sp³-hybridized carbons (Fsp3) is 0.429. The molecule has 0 amide bonds. The average Bonchev–Trinajstić information content (AvgIpc) is 2.39. The van der Waals surface area contributed by atoms with Crippen LogP contribution in [-0.2, 0) is 11.3 Å². The highest BCUT2D eigenvalue weighted by atomic mass is 79.9. The van der Waals surface area contributed by atoms with Gasteiger partial charge in [-0.2, -0.15) is 0 Å². The highest BCUT2D eigenvalue weighted by Gasteiger charge is 2.26. The predicted molar refractivity (Wildman–Crippen MR) is 80.9 cm³/mol. The lowest BCUT2D eigenvalue weighted by Crippen LogP contribution is -2.30.